The fraction of sp³-hybridized carbons (Fsp3) is 0.389. The first kappa shape index (κ1) is 17.7. The Kier molecular flexibility index (Phi) is 5.39. The van der Waals surface area contributed by atoms with Crippen LogP contribution in [0.3, 0.4) is 0 Å². The summed E-state index contributed by atoms with van der Waals surface area (Å²) in [5, 5.41) is 13.4. The molecule has 1 aromatic carbocycles. The van der Waals surface area contributed by atoms with Gasteiger partial charge < -0.3 is 10.0 Å². The van der Waals surface area contributed by atoms with Crippen LogP contribution in [0, 0.1) is 0 Å². The van der Waals surface area contributed by atoms with Crippen LogP contribution < -0.4 is 0 Å². The van der Waals surface area contributed by atoms with Gasteiger partial charge in [0.15, 0.2) is 0 Å². The van der Waals surface area contributed by atoms with Crippen molar-refractivity contribution < 1.29 is 14.7 Å². The number of amides is 1. The molecule has 6 heteroatoms. The third-order valence-electron chi connectivity index (χ3n) is 3.86. The molecule has 1 heterocycles. The van der Waals surface area contributed by atoms with Crippen molar-refractivity contribution in [3.63, 3.8) is 0 Å². The molecule has 24 heavy (non-hydrogen) atoms. The molecule has 0 aliphatic heterocycles. The first-order valence-corrected chi connectivity index (χ1v) is 7.98. The summed E-state index contributed by atoms with van der Waals surface area (Å²) in [7, 11) is 1.74. The van der Waals surface area contributed by atoms with Crippen LogP contribution in [-0.2, 0) is 13.1 Å². The topological polar surface area (TPSA) is 75.4 Å². The molecule has 0 radical (unpaired) electrons. The monoisotopic (exact) mass is 329 g/mol. The molecule has 1 aromatic heterocycles. The highest BCUT2D eigenvalue weighted by atomic mass is 16.4. The molecule has 2 aromatic rings. The van der Waals surface area contributed by atoms with E-state index in [9.17, 15) is 9.59 Å². The van der Waals surface area contributed by atoms with Gasteiger partial charge in [-0.1, -0.05) is 26.0 Å². The number of carboxylic acid groups (broad SMARTS) is 1. The number of carboxylic acids is 1. The number of carbonyl (C=O) groups excluding carboxylic acids is 1. The zero-order valence-electron chi connectivity index (χ0n) is 14.5. The molecule has 0 fully saturated rings. The van der Waals surface area contributed by atoms with Gasteiger partial charge in [-0.3, -0.25) is 9.48 Å². The summed E-state index contributed by atoms with van der Waals surface area (Å²) in [5.74, 6) is -0.875. The van der Waals surface area contributed by atoms with Crippen molar-refractivity contribution in [3.05, 3.63) is 52.8 Å². The van der Waals surface area contributed by atoms with Gasteiger partial charge in [0, 0.05) is 26.3 Å². The number of aromatic nitrogens is 2. The molecular weight excluding hydrogens is 306 g/mol. The number of nitrogens with zero attached hydrogens (tertiary/aromatic N) is 3. The molecule has 0 bridgehead atoms. The summed E-state index contributed by atoms with van der Waals surface area (Å²) in [4.78, 5) is 25.3. The molecule has 0 aliphatic carbocycles. The molecule has 1 N–H and O–H groups in total. The van der Waals surface area contributed by atoms with Gasteiger partial charge in [-0.15, -0.1) is 0 Å². The van der Waals surface area contributed by atoms with Crippen molar-refractivity contribution in [2.45, 2.75) is 39.8 Å². The molecule has 0 saturated heterocycles. The second-order valence-corrected chi connectivity index (χ2v) is 6.10. The van der Waals surface area contributed by atoms with Crippen LogP contribution in [0.4, 0.5) is 0 Å². The Morgan fingerprint density at radius 3 is 2.38 bits per heavy atom. The van der Waals surface area contributed by atoms with Crippen molar-refractivity contribution in [2.24, 2.45) is 0 Å². The normalized spacial score (nSPS) is 10.9. The average Bonchev–Trinajstić information content (AvgIpc) is 2.99. The number of hydrogen-bond donors (Lipinski definition) is 1. The van der Waals surface area contributed by atoms with E-state index in [0.29, 0.717) is 18.7 Å². The highest BCUT2D eigenvalue weighted by Crippen LogP contribution is 2.20. The maximum absolute atomic E-state index is 12.8. The quantitative estimate of drug-likeness (QED) is 0.884. The highest BCUT2D eigenvalue weighted by Gasteiger charge is 2.21. The van der Waals surface area contributed by atoms with Crippen LogP contribution in [0.5, 0.6) is 0 Å². The predicted octanol–water partition coefficient (Wildman–Crippen LogP) is 3.00. The van der Waals surface area contributed by atoms with Crippen LogP contribution >= 0.6 is 0 Å². The minimum Gasteiger partial charge on any atom is -0.478 e. The van der Waals surface area contributed by atoms with Crippen molar-refractivity contribution in [3.8, 4) is 0 Å². The Morgan fingerprint density at radius 2 is 1.88 bits per heavy atom. The van der Waals surface area contributed by atoms with E-state index in [1.165, 1.54) is 0 Å². The number of aromatic carboxylic acids is 1. The molecule has 0 spiro atoms. The number of rotatable bonds is 6. The molecule has 128 valence electrons. The molecule has 6 nitrogen and oxygen atoms in total. The smallest absolute Gasteiger partial charge is 0.335 e. The zero-order chi connectivity index (χ0) is 17.9. The summed E-state index contributed by atoms with van der Waals surface area (Å²) in [6.07, 6.45) is 1.79. The van der Waals surface area contributed by atoms with Gasteiger partial charge in [0.1, 0.15) is 0 Å². The van der Waals surface area contributed by atoms with Gasteiger partial charge in [0.05, 0.1) is 16.8 Å². The lowest BCUT2D eigenvalue weighted by molar-refractivity contribution is 0.0695. The minimum atomic E-state index is -0.959. The Hall–Kier alpha value is -2.63. The summed E-state index contributed by atoms with van der Waals surface area (Å²) in [6.45, 7) is 7.15. The molecule has 0 unspecified atom stereocenters. The molecule has 1 amide bonds. The third-order valence-corrected chi connectivity index (χ3v) is 3.86. The number of benzene rings is 1. The summed E-state index contributed by atoms with van der Waals surface area (Å²) < 4.78 is 1.78. The third kappa shape index (κ3) is 3.82. The van der Waals surface area contributed by atoms with Crippen LogP contribution in [0.2, 0.25) is 0 Å². The lowest BCUT2D eigenvalue weighted by Gasteiger charge is -2.18. The molecular formula is C18H23N3O3. The van der Waals surface area contributed by atoms with Crippen LogP contribution in [-0.4, -0.2) is 38.7 Å². The second kappa shape index (κ2) is 7.29. The summed E-state index contributed by atoms with van der Waals surface area (Å²) in [6, 6.07) is 6.55. The van der Waals surface area contributed by atoms with Crippen molar-refractivity contribution in [1.82, 2.24) is 14.7 Å². The van der Waals surface area contributed by atoms with Crippen molar-refractivity contribution >= 4 is 11.9 Å². The number of hydrogen-bond acceptors (Lipinski definition) is 3. The van der Waals surface area contributed by atoms with Crippen LogP contribution in [0.1, 0.15) is 58.7 Å². The Labute approximate surface area is 141 Å². The van der Waals surface area contributed by atoms with Gasteiger partial charge in [-0.05, 0) is 30.5 Å². The minimum absolute atomic E-state index is 0.0827. The zero-order valence-corrected chi connectivity index (χ0v) is 14.5. The molecule has 0 saturated carbocycles. The van der Waals surface area contributed by atoms with Crippen LogP contribution in [0.25, 0.3) is 0 Å². The van der Waals surface area contributed by atoms with E-state index < -0.39 is 5.97 Å². The Bertz CT molecular complexity index is 732. The number of aryl methyl sites for hydroxylation is 1. The highest BCUT2D eigenvalue weighted by molar-refractivity contribution is 5.95. The fourth-order valence-electron chi connectivity index (χ4n) is 2.49. The Balaban J connectivity index is 2.17. The maximum atomic E-state index is 12.8. The van der Waals surface area contributed by atoms with Crippen molar-refractivity contribution in [1.29, 1.82) is 0 Å². The van der Waals surface area contributed by atoms with E-state index in [2.05, 4.69) is 5.10 Å². The maximum Gasteiger partial charge on any atom is 0.335 e. The van der Waals surface area contributed by atoms with E-state index in [1.807, 2.05) is 20.8 Å². The predicted molar refractivity (Wildman–Crippen MR) is 91.2 cm³/mol. The van der Waals surface area contributed by atoms with E-state index in [0.717, 1.165) is 11.3 Å². The lowest BCUT2D eigenvalue weighted by Crippen LogP contribution is -2.27. The first-order valence-electron chi connectivity index (χ1n) is 7.98. The van der Waals surface area contributed by atoms with Gasteiger partial charge in [-0.25, -0.2) is 4.79 Å². The van der Waals surface area contributed by atoms with Crippen LogP contribution in [0.15, 0.2) is 30.5 Å². The number of carbonyl (C=O) groups is 2. The van der Waals surface area contributed by atoms with E-state index in [4.69, 9.17) is 5.11 Å². The second-order valence-electron chi connectivity index (χ2n) is 6.10. The van der Waals surface area contributed by atoms with Crippen molar-refractivity contribution in [2.75, 3.05) is 7.05 Å². The largest absolute Gasteiger partial charge is 0.478 e. The van der Waals surface area contributed by atoms with E-state index in [1.54, 1.807) is 47.1 Å². The van der Waals surface area contributed by atoms with Gasteiger partial charge in [-0.2, -0.15) is 5.10 Å². The summed E-state index contributed by atoms with van der Waals surface area (Å²) in [5.41, 5.74) is 2.54. The lowest BCUT2D eigenvalue weighted by atomic mass is 10.1. The molecule has 0 aliphatic rings. The van der Waals surface area contributed by atoms with Gasteiger partial charge in [0.25, 0.3) is 5.91 Å². The Morgan fingerprint density at radius 1 is 1.25 bits per heavy atom. The summed E-state index contributed by atoms with van der Waals surface area (Å²) >= 11 is 0. The fourth-order valence-corrected chi connectivity index (χ4v) is 2.49. The van der Waals surface area contributed by atoms with Gasteiger partial charge in [0.2, 0.25) is 0 Å². The SMILES string of the molecule is CCn1cc(C(=O)N(C)Cc2ccc(C(=O)O)cc2)c(C(C)C)n1. The van der Waals surface area contributed by atoms with Gasteiger partial charge >= 0.3 is 5.97 Å². The van der Waals surface area contributed by atoms with E-state index in [-0.39, 0.29) is 17.4 Å². The average molecular weight is 329 g/mol. The first-order chi connectivity index (χ1) is 11.3. The van der Waals surface area contributed by atoms with E-state index >= 15 is 0 Å². The molecule has 2 rings (SSSR count). The standard InChI is InChI=1S/C18H23N3O3/c1-5-21-11-15(16(19-21)12(2)3)17(22)20(4)10-13-6-8-14(9-7-13)18(23)24/h6-9,11-12H,5,10H2,1-4H3,(H,23,24). The molecule has 0 atom stereocenters.